The van der Waals surface area contributed by atoms with Crippen LogP contribution in [0.1, 0.15) is 265 Å². The van der Waals surface area contributed by atoms with E-state index >= 15 is 0 Å². The van der Waals surface area contributed by atoms with Crippen LogP contribution in [0.15, 0.2) is 24.3 Å². The summed E-state index contributed by atoms with van der Waals surface area (Å²) < 4.78 is 22.6. The summed E-state index contributed by atoms with van der Waals surface area (Å²) in [4.78, 5) is 37.8. The Balaban J connectivity index is 4.50. The largest absolute Gasteiger partial charge is 0.463 e. The number of ether oxygens (including phenoxy) is 4. The van der Waals surface area contributed by atoms with Crippen molar-refractivity contribution in [3.8, 4) is 0 Å². The van der Waals surface area contributed by atoms with Crippen LogP contribution in [0.25, 0.3) is 0 Å². The summed E-state index contributed by atoms with van der Waals surface area (Å²) >= 11 is 0. The fourth-order valence-corrected chi connectivity index (χ4v) is 7.53. The predicted octanol–water partition coefficient (Wildman–Crippen LogP) is 15.4. The summed E-state index contributed by atoms with van der Waals surface area (Å²) in [6, 6.07) is 0. The summed E-state index contributed by atoms with van der Waals surface area (Å²) in [5.74, 6) is -0.964. The molecule has 2 unspecified atom stereocenters. The summed E-state index contributed by atoms with van der Waals surface area (Å²) in [5, 5.41) is 9.97. The van der Waals surface area contributed by atoms with E-state index in [1.54, 1.807) is 0 Å². The van der Waals surface area contributed by atoms with Crippen LogP contribution in [0.5, 0.6) is 0 Å². The maximum absolute atomic E-state index is 12.6. The lowest BCUT2D eigenvalue weighted by Gasteiger charge is -2.21. The molecule has 0 aliphatic carbocycles. The Kier molecular flexibility index (Phi) is 48.1. The first-order chi connectivity index (χ1) is 30.5. The van der Waals surface area contributed by atoms with Crippen molar-refractivity contribution in [2.24, 2.45) is 0 Å². The van der Waals surface area contributed by atoms with Crippen LogP contribution in [0, 0.1) is 0 Å². The van der Waals surface area contributed by atoms with Gasteiger partial charge in [-0.2, -0.15) is 0 Å². The fraction of sp³-hybridized carbons (Fsp3) is 0.870. The molecule has 0 spiro atoms. The molecular weight excluding hydrogens is 777 g/mol. The van der Waals surface area contributed by atoms with Crippen molar-refractivity contribution in [2.75, 3.05) is 26.4 Å². The van der Waals surface area contributed by atoms with Gasteiger partial charge >= 0.3 is 17.9 Å². The van der Waals surface area contributed by atoms with E-state index in [1.165, 1.54) is 141 Å². The molecule has 0 fully saturated rings. The van der Waals surface area contributed by atoms with Crippen molar-refractivity contribution in [1.29, 1.82) is 0 Å². The summed E-state index contributed by atoms with van der Waals surface area (Å²) in [6.07, 6.45) is 50.1. The zero-order valence-electron chi connectivity index (χ0n) is 41.0. The minimum atomic E-state index is -0.850. The summed E-state index contributed by atoms with van der Waals surface area (Å²) in [7, 11) is 0. The van der Waals surface area contributed by atoms with Gasteiger partial charge in [0.15, 0.2) is 0 Å². The molecular formula is C54H100O8. The zero-order valence-corrected chi connectivity index (χ0v) is 41.0. The second kappa shape index (κ2) is 49.8. The third-order valence-corrected chi connectivity index (χ3v) is 11.6. The number of aliphatic hydroxyl groups is 1. The molecule has 0 bridgehead atoms. The second-order valence-electron chi connectivity index (χ2n) is 17.9. The highest BCUT2D eigenvalue weighted by Crippen LogP contribution is 2.15. The Bertz CT molecular complexity index is 1030. The van der Waals surface area contributed by atoms with E-state index in [9.17, 15) is 19.5 Å². The Labute approximate surface area is 382 Å². The van der Waals surface area contributed by atoms with Crippen LogP contribution in [0.4, 0.5) is 0 Å². The predicted molar refractivity (Wildman–Crippen MR) is 259 cm³/mol. The van der Waals surface area contributed by atoms with E-state index in [-0.39, 0.29) is 37.7 Å². The van der Waals surface area contributed by atoms with E-state index in [4.69, 9.17) is 18.9 Å². The van der Waals surface area contributed by atoms with Crippen molar-refractivity contribution < 1.29 is 38.4 Å². The molecule has 8 heteroatoms. The van der Waals surface area contributed by atoms with E-state index in [0.29, 0.717) is 19.3 Å². The van der Waals surface area contributed by atoms with Gasteiger partial charge < -0.3 is 24.1 Å². The lowest BCUT2D eigenvalue weighted by molar-refractivity contribution is -0.163. The van der Waals surface area contributed by atoms with Crippen LogP contribution in [-0.4, -0.2) is 61.6 Å². The molecule has 364 valence electrons. The molecule has 8 nitrogen and oxygen atoms in total. The molecule has 0 amide bonds. The van der Waals surface area contributed by atoms with Gasteiger partial charge in [0.1, 0.15) is 25.4 Å². The number of carbonyl (C=O) groups excluding carboxylic acids is 3. The number of hydrogen-bond acceptors (Lipinski definition) is 8. The van der Waals surface area contributed by atoms with E-state index in [2.05, 4.69) is 45.1 Å². The molecule has 0 saturated carbocycles. The standard InChI is InChI=1S/C54H100O8/c1-4-7-10-13-16-19-21-23-25-27-29-32-35-38-41-44-53(57)61-49-51(48-60-52(56)43-40-37-34-31-18-15-12-9-6-3)59-47-50(46-55)62-54(58)45-42-39-36-33-30-28-26-24-22-20-17-14-11-8-5-2/h23-26,50-51,55H,4-22,27-49H2,1-3H3. The highest BCUT2D eigenvalue weighted by Gasteiger charge is 2.20. The Morgan fingerprint density at radius 2 is 0.661 bits per heavy atom. The average Bonchev–Trinajstić information content (AvgIpc) is 3.27. The Hall–Kier alpha value is -2.19. The lowest BCUT2D eigenvalue weighted by atomic mass is 10.1. The number of hydrogen-bond donors (Lipinski definition) is 1. The number of unbranched alkanes of at least 4 members (excludes halogenated alkanes) is 30. The molecule has 0 aromatic rings. The van der Waals surface area contributed by atoms with Gasteiger partial charge in [0.2, 0.25) is 0 Å². The van der Waals surface area contributed by atoms with Crippen LogP contribution in [0.3, 0.4) is 0 Å². The van der Waals surface area contributed by atoms with Crippen LogP contribution in [0.2, 0.25) is 0 Å². The molecule has 1 N–H and O–H groups in total. The van der Waals surface area contributed by atoms with Crippen LogP contribution < -0.4 is 0 Å². The molecule has 0 aliphatic heterocycles. The minimum Gasteiger partial charge on any atom is -0.463 e. The Morgan fingerprint density at radius 3 is 0.984 bits per heavy atom. The van der Waals surface area contributed by atoms with Crippen LogP contribution in [-0.2, 0) is 33.3 Å². The highest BCUT2D eigenvalue weighted by atomic mass is 16.6. The maximum atomic E-state index is 12.6. The smallest absolute Gasteiger partial charge is 0.306 e. The van der Waals surface area contributed by atoms with Gasteiger partial charge in [-0.1, -0.05) is 199 Å². The molecule has 62 heavy (non-hydrogen) atoms. The monoisotopic (exact) mass is 877 g/mol. The van der Waals surface area contributed by atoms with Gasteiger partial charge in [0, 0.05) is 19.3 Å². The van der Waals surface area contributed by atoms with Crippen molar-refractivity contribution in [3.05, 3.63) is 24.3 Å². The number of rotatable bonds is 49. The van der Waals surface area contributed by atoms with Crippen molar-refractivity contribution in [2.45, 2.75) is 277 Å². The van der Waals surface area contributed by atoms with E-state index < -0.39 is 18.8 Å². The topological polar surface area (TPSA) is 108 Å². The molecule has 0 aromatic heterocycles. The maximum Gasteiger partial charge on any atom is 0.306 e. The molecule has 0 aliphatic rings. The molecule has 0 rings (SSSR count). The minimum absolute atomic E-state index is 0.0715. The third kappa shape index (κ3) is 45.8. The SMILES string of the molecule is CCCCCCCCC=CCCCCCCCC(=O)OCC(COC(=O)CCCCCCCCCCC)OCC(CO)OC(=O)CCCCCCCC=CCCCCCCCC. The van der Waals surface area contributed by atoms with Crippen LogP contribution >= 0.6 is 0 Å². The fourth-order valence-electron chi connectivity index (χ4n) is 7.53. The molecule has 0 heterocycles. The van der Waals surface area contributed by atoms with Gasteiger partial charge in [0.25, 0.3) is 0 Å². The number of allylic oxidation sites excluding steroid dienone is 4. The van der Waals surface area contributed by atoms with Crippen molar-refractivity contribution in [3.63, 3.8) is 0 Å². The van der Waals surface area contributed by atoms with Crippen molar-refractivity contribution in [1.82, 2.24) is 0 Å². The van der Waals surface area contributed by atoms with E-state index in [1.807, 2.05) is 0 Å². The number of esters is 3. The van der Waals surface area contributed by atoms with Gasteiger partial charge in [-0.3, -0.25) is 14.4 Å². The Morgan fingerprint density at radius 1 is 0.371 bits per heavy atom. The molecule has 0 aromatic carbocycles. The third-order valence-electron chi connectivity index (χ3n) is 11.6. The van der Waals surface area contributed by atoms with Crippen molar-refractivity contribution >= 4 is 17.9 Å². The van der Waals surface area contributed by atoms with Gasteiger partial charge in [-0.15, -0.1) is 0 Å². The first-order valence-corrected chi connectivity index (χ1v) is 26.5. The first-order valence-electron chi connectivity index (χ1n) is 26.5. The molecule has 0 radical (unpaired) electrons. The van der Waals surface area contributed by atoms with E-state index in [0.717, 1.165) is 83.5 Å². The van der Waals surface area contributed by atoms with Gasteiger partial charge in [-0.05, 0) is 70.6 Å². The average molecular weight is 877 g/mol. The zero-order chi connectivity index (χ0) is 45.2. The van der Waals surface area contributed by atoms with Gasteiger partial charge in [0.05, 0.1) is 13.2 Å². The second-order valence-corrected chi connectivity index (χ2v) is 17.9. The lowest BCUT2D eigenvalue weighted by Crippen LogP contribution is -2.34. The summed E-state index contributed by atoms with van der Waals surface area (Å²) in [6.45, 7) is 6.12. The summed E-state index contributed by atoms with van der Waals surface area (Å²) in [5.41, 5.74) is 0. The van der Waals surface area contributed by atoms with Gasteiger partial charge in [-0.25, -0.2) is 0 Å². The molecule has 2 atom stereocenters. The normalized spacial score (nSPS) is 12.6. The molecule has 0 saturated heterocycles. The number of carbonyl (C=O) groups is 3. The number of aliphatic hydroxyl groups excluding tert-OH is 1. The first kappa shape index (κ1) is 59.8. The quantitative estimate of drug-likeness (QED) is 0.0279. The highest BCUT2D eigenvalue weighted by molar-refractivity contribution is 5.70.